The first kappa shape index (κ1) is 16.8. The number of hydrogen-bond donors (Lipinski definition) is 1. The summed E-state index contributed by atoms with van der Waals surface area (Å²) in [5.74, 6) is 0. The topological polar surface area (TPSA) is 111 Å². The largest absolute Gasteiger partial charge is 0.301 e. The van der Waals surface area contributed by atoms with E-state index >= 15 is 0 Å². The van der Waals surface area contributed by atoms with Gasteiger partial charge in [0, 0.05) is 11.6 Å². The summed E-state index contributed by atoms with van der Waals surface area (Å²) in [6.07, 6.45) is 5.33. The molecule has 2 aromatic carbocycles. The second kappa shape index (κ2) is 7.63. The van der Waals surface area contributed by atoms with Gasteiger partial charge in [-0.05, 0) is 18.6 Å². The number of nitrogens with one attached hydrogen (secondary N) is 1. The maximum Gasteiger partial charge on any atom is 0.301 e. The van der Waals surface area contributed by atoms with E-state index in [4.69, 9.17) is 0 Å². The van der Waals surface area contributed by atoms with Gasteiger partial charge in [0.15, 0.2) is 0 Å². The molecule has 2 aromatic rings. The lowest BCUT2D eigenvalue weighted by Crippen LogP contribution is -1.99. The maximum atomic E-state index is 11.1. The molecule has 24 heavy (non-hydrogen) atoms. The average Bonchev–Trinajstić information content (AvgIpc) is 2.56. The first-order chi connectivity index (χ1) is 11.5. The fourth-order valence-electron chi connectivity index (χ4n) is 2.01. The molecule has 0 unspecified atom stereocenters. The van der Waals surface area contributed by atoms with E-state index in [-0.39, 0.29) is 11.4 Å². The van der Waals surface area contributed by atoms with Gasteiger partial charge in [0.2, 0.25) is 0 Å². The Morgan fingerprint density at radius 1 is 1.04 bits per heavy atom. The van der Waals surface area contributed by atoms with Crippen molar-refractivity contribution < 1.29 is 9.85 Å². The number of hydrazone groups is 1. The Bertz CT molecular complexity index is 831. The summed E-state index contributed by atoms with van der Waals surface area (Å²) in [5.41, 5.74) is 3.64. The highest BCUT2D eigenvalue weighted by Gasteiger charge is 2.19. The van der Waals surface area contributed by atoms with Gasteiger partial charge < -0.3 is 0 Å². The Hall–Kier alpha value is -3.55. The Morgan fingerprint density at radius 2 is 1.75 bits per heavy atom. The summed E-state index contributed by atoms with van der Waals surface area (Å²) in [6.45, 7) is 1.90. The average molecular weight is 326 g/mol. The first-order valence-electron chi connectivity index (χ1n) is 6.96. The van der Waals surface area contributed by atoms with Crippen LogP contribution in [-0.2, 0) is 0 Å². The van der Waals surface area contributed by atoms with Crippen molar-refractivity contribution in [3.63, 3.8) is 0 Å². The van der Waals surface area contributed by atoms with Crippen molar-refractivity contribution in [1.82, 2.24) is 0 Å². The molecule has 0 spiro atoms. The third-order valence-electron chi connectivity index (χ3n) is 3.12. The van der Waals surface area contributed by atoms with Crippen LogP contribution in [0.25, 0.3) is 6.08 Å². The predicted molar refractivity (Wildman–Crippen MR) is 92.1 cm³/mol. The van der Waals surface area contributed by atoms with Gasteiger partial charge in [-0.3, -0.25) is 25.7 Å². The molecule has 8 nitrogen and oxygen atoms in total. The van der Waals surface area contributed by atoms with Gasteiger partial charge in [-0.1, -0.05) is 36.4 Å². The molecular formula is C16H14N4O4. The summed E-state index contributed by atoms with van der Waals surface area (Å²) < 4.78 is 0. The molecule has 0 fully saturated rings. The number of benzene rings is 2. The summed E-state index contributed by atoms with van der Waals surface area (Å²) in [4.78, 5) is 20.4. The molecule has 8 heteroatoms. The van der Waals surface area contributed by atoms with Gasteiger partial charge >= 0.3 is 5.69 Å². The van der Waals surface area contributed by atoms with E-state index in [2.05, 4.69) is 10.5 Å². The number of hydrogen-bond acceptors (Lipinski definition) is 6. The molecule has 1 N–H and O–H groups in total. The molecule has 2 rings (SSSR count). The van der Waals surface area contributed by atoms with Crippen molar-refractivity contribution >= 4 is 29.4 Å². The standard InChI is InChI=1S/C16H14N4O4/c1-2-5-12-6-3-4-7-13(12)11-17-18-15-9-8-14(19(21)22)10-16(15)20(23)24/h2-11,18H,1H3/b5-2+,17-11-. The van der Waals surface area contributed by atoms with Crippen molar-refractivity contribution in [3.8, 4) is 0 Å². The minimum absolute atomic E-state index is 0.0744. The highest BCUT2D eigenvalue weighted by Crippen LogP contribution is 2.28. The zero-order valence-corrected chi connectivity index (χ0v) is 12.7. The molecule has 0 aliphatic heterocycles. The van der Waals surface area contributed by atoms with Crippen molar-refractivity contribution in [2.45, 2.75) is 6.92 Å². The van der Waals surface area contributed by atoms with Crippen LogP contribution in [0.4, 0.5) is 17.1 Å². The molecule has 0 aliphatic carbocycles. The zero-order valence-electron chi connectivity index (χ0n) is 12.7. The van der Waals surface area contributed by atoms with Crippen molar-refractivity contribution in [2.24, 2.45) is 5.10 Å². The van der Waals surface area contributed by atoms with Crippen LogP contribution >= 0.6 is 0 Å². The molecule has 0 aromatic heterocycles. The quantitative estimate of drug-likeness (QED) is 0.490. The highest BCUT2D eigenvalue weighted by molar-refractivity contribution is 5.86. The summed E-state index contributed by atoms with van der Waals surface area (Å²) in [6, 6.07) is 10.8. The lowest BCUT2D eigenvalue weighted by atomic mass is 10.1. The molecule has 0 radical (unpaired) electrons. The van der Waals surface area contributed by atoms with Gasteiger partial charge in [-0.15, -0.1) is 0 Å². The van der Waals surface area contributed by atoms with E-state index in [1.165, 1.54) is 18.3 Å². The zero-order chi connectivity index (χ0) is 17.5. The van der Waals surface area contributed by atoms with Crippen LogP contribution in [0, 0.1) is 20.2 Å². The minimum atomic E-state index is -0.696. The Kier molecular flexibility index (Phi) is 5.35. The van der Waals surface area contributed by atoms with Crippen LogP contribution < -0.4 is 5.43 Å². The maximum absolute atomic E-state index is 11.1. The molecule has 0 bridgehead atoms. The van der Waals surface area contributed by atoms with Crippen molar-refractivity contribution in [3.05, 3.63) is 79.9 Å². The fraction of sp³-hybridized carbons (Fsp3) is 0.0625. The van der Waals surface area contributed by atoms with Gasteiger partial charge in [0.1, 0.15) is 5.69 Å². The molecule has 0 atom stereocenters. The Balaban J connectivity index is 2.26. The molecule has 0 amide bonds. The fourth-order valence-corrected chi connectivity index (χ4v) is 2.01. The third kappa shape index (κ3) is 4.01. The summed E-state index contributed by atoms with van der Waals surface area (Å²) in [7, 11) is 0. The van der Waals surface area contributed by atoms with Crippen molar-refractivity contribution in [1.29, 1.82) is 0 Å². The number of rotatable bonds is 6. The smallest absolute Gasteiger partial charge is 0.272 e. The van der Waals surface area contributed by atoms with Gasteiger partial charge in [-0.25, -0.2) is 0 Å². The van der Waals surface area contributed by atoms with E-state index in [9.17, 15) is 20.2 Å². The number of nitrogens with zero attached hydrogens (tertiary/aromatic N) is 3. The lowest BCUT2D eigenvalue weighted by molar-refractivity contribution is -0.393. The van der Waals surface area contributed by atoms with Crippen LogP contribution in [0.3, 0.4) is 0 Å². The minimum Gasteiger partial charge on any atom is -0.272 e. The number of anilines is 1. The molecule has 0 saturated carbocycles. The van der Waals surface area contributed by atoms with Gasteiger partial charge in [0.25, 0.3) is 5.69 Å². The van der Waals surface area contributed by atoms with Gasteiger partial charge in [-0.2, -0.15) is 5.10 Å². The molecule has 122 valence electrons. The van der Waals surface area contributed by atoms with Crippen molar-refractivity contribution in [2.75, 3.05) is 5.43 Å². The number of non-ortho nitro benzene ring substituents is 1. The van der Waals surface area contributed by atoms with Crippen LogP contribution in [0.1, 0.15) is 18.1 Å². The summed E-state index contributed by atoms with van der Waals surface area (Å²) >= 11 is 0. The summed E-state index contributed by atoms with van der Waals surface area (Å²) in [5, 5.41) is 25.8. The third-order valence-corrected chi connectivity index (χ3v) is 3.12. The molecular weight excluding hydrogens is 312 g/mol. The molecule has 0 saturated heterocycles. The SMILES string of the molecule is C/C=C/c1ccccc1/C=N\Nc1ccc([N+](=O)[O-])cc1[N+](=O)[O-]. The second-order valence-corrected chi connectivity index (χ2v) is 4.71. The first-order valence-corrected chi connectivity index (χ1v) is 6.96. The van der Waals surface area contributed by atoms with Crippen LogP contribution in [-0.4, -0.2) is 16.1 Å². The Morgan fingerprint density at radius 3 is 2.38 bits per heavy atom. The number of nitro benzene ring substituents is 2. The highest BCUT2D eigenvalue weighted by atomic mass is 16.6. The normalized spacial score (nSPS) is 11.0. The van der Waals surface area contributed by atoms with Crippen LogP contribution in [0.2, 0.25) is 0 Å². The van der Waals surface area contributed by atoms with Crippen LogP contribution in [0.5, 0.6) is 0 Å². The van der Waals surface area contributed by atoms with Gasteiger partial charge in [0.05, 0.1) is 22.1 Å². The predicted octanol–water partition coefficient (Wildman–Crippen LogP) is 3.98. The van der Waals surface area contributed by atoms with E-state index in [0.29, 0.717) is 0 Å². The van der Waals surface area contributed by atoms with E-state index in [1.54, 1.807) is 0 Å². The van der Waals surface area contributed by atoms with E-state index in [1.807, 2.05) is 43.3 Å². The van der Waals surface area contributed by atoms with E-state index < -0.39 is 15.5 Å². The molecule has 0 aliphatic rings. The molecule has 0 heterocycles. The number of allylic oxidation sites excluding steroid dienone is 1. The monoisotopic (exact) mass is 326 g/mol. The second-order valence-electron chi connectivity index (χ2n) is 4.71. The lowest BCUT2D eigenvalue weighted by Gasteiger charge is -2.03. The van der Waals surface area contributed by atoms with Crippen LogP contribution in [0.15, 0.2) is 53.6 Å². The Labute approximate surface area is 137 Å². The van der Waals surface area contributed by atoms with E-state index in [0.717, 1.165) is 17.2 Å². The number of nitro groups is 2.